The van der Waals surface area contributed by atoms with Crippen LogP contribution >= 0.6 is 0 Å². The summed E-state index contributed by atoms with van der Waals surface area (Å²) in [7, 11) is 0. The molecule has 23 heavy (non-hydrogen) atoms. The highest BCUT2D eigenvalue weighted by molar-refractivity contribution is 6.13. The molecule has 1 heterocycles. The second kappa shape index (κ2) is 6.94. The Morgan fingerprint density at radius 1 is 0.957 bits per heavy atom. The van der Waals surface area contributed by atoms with Crippen molar-refractivity contribution in [3.8, 4) is 0 Å². The van der Waals surface area contributed by atoms with Crippen LogP contribution in [0, 0.1) is 5.82 Å². The molecule has 2 aromatic carbocycles. The van der Waals surface area contributed by atoms with Crippen LogP contribution in [0.15, 0.2) is 77.9 Å². The highest BCUT2D eigenvalue weighted by Crippen LogP contribution is 2.21. The van der Waals surface area contributed by atoms with Crippen LogP contribution < -0.4 is 5.73 Å². The quantitative estimate of drug-likeness (QED) is 0.744. The molecule has 0 unspecified atom stereocenters. The van der Waals surface area contributed by atoms with Crippen LogP contribution in [0.25, 0.3) is 0 Å². The van der Waals surface area contributed by atoms with Crippen LogP contribution in [0.1, 0.15) is 16.8 Å². The molecule has 3 aromatic rings. The lowest BCUT2D eigenvalue weighted by molar-refractivity contribution is 0.621. The van der Waals surface area contributed by atoms with Gasteiger partial charge >= 0.3 is 0 Å². The molecule has 0 aliphatic carbocycles. The van der Waals surface area contributed by atoms with E-state index in [9.17, 15) is 4.39 Å². The average Bonchev–Trinajstić information content (AvgIpc) is 2.62. The third kappa shape index (κ3) is 3.49. The van der Waals surface area contributed by atoms with E-state index in [2.05, 4.69) is 9.98 Å². The molecule has 0 saturated heterocycles. The van der Waals surface area contributed by atoms with E-state index in [1.165, 1.54) is 0 Å². The van der Waals surface area contributed by atoms with Crippen LogP contribution in [-0.2, 0) is 6.54 Å². The van der Waals surface area contributed by atoms with E-state index in [1.54, 1.807) is 6.07 Å². The van der Waals surface area contributed by atoms with Crippen molar-refractivity contribution in [3.63, 3.8) is 0 Å². The van der Waals surface area contributed by atoms with Gasteiger partial charge in [-0.2, -0.15) is 0 Å². The predicted octanol–water partition coefficient (Wildman–Crippen LogP) is 3.85. The number of nitrogens with two attached hydrogens (primary N) is 1. The Kier molecular flexibility index (Phi) is 4.54. The van der Waals surface area contributed by atoms with Crippen molar-refractivity contribution in [1.29, 1.82) is 0 Å². The second-order valence-corrected chi connectivity index (χ2v) is 5.02. The number of hydrogen-bond donors (Lipinski definition) is 1. The lowest BCUT2D eigenvalue weighted by atomic mass is 10.0. The Morgan fingerprint density at radius 3 is 2.04 bits per heavy atom. The van der Waals surface area contributed by atoms with Crippen molar-refractivity contribution in [3.05, 3.63) is 95.6 Å². The average molecular weight is 305 g/mol. The predicted molar refractivity (Wildman–Crippen MR) is 90.3 cm³/mol. The third-order valence-electron chi connectivity index (χ3n) is 3.43. The van der Waals surface area contributed by atoms with E-state index >= 15 is 0 Å². The van der Waals surface area contributed by atoms with Gasteiger partial charge in [-0.05, 0) is 6.07 Å². The summed E-state index contributed by atoms with van der Waals surface area (Å²) >= 11 is 0. The van der Waals surface area contributed by atoms with E-state index in [1.807, 2.05) is 60.7 Å². The van der Waals surface area contributed by atoms with E-state index in [0.29, 0.717) is 11.4 Å². The molecule has 0 bridgehead atoms. The van der Waals surface area contributed by atoms with Gasteiger partial charge in [0, 0.05) is 17.7 Å². The Hall–Kier alpha value is -2.85. The second-order valence-electron chi connectivity index (χ2n) is 5.02. The third-order valence-corrected chi connectivity index (χ3v) is 3.43. The zero-order valence-electron chi connectivity index (χ0n) is 12.5. The van der Waals surface area contributed by atoms with Gasteiger partial charge in [0.25, 0.3) is 0 Å². The van der Waals surface area contributed by atoms with Gasteiger partial charge in [0.05, 0.1) is 17.6 Å². The molecule has 0 aliphatic rings. The Morgan fingerprint density at radius 2 is 1.52 bits per heavy atom. The summed E-state index contributed by atoms with van der Waals surface area (Å²) in [5.74, 6) is -0.466. The fraction of sp³-hybridized carbons (Fsp3) is 0.0526. The highest BCUT2D eigenvalue weighted by atomic mass is 19.1. The molecule has 2 N–H and O–H groups in total. The van der Waals surface area contributed by atoms with E-state index in [-0.39, 0.29) is 12.2 Å². The largest absolute Gasteiger partial charge is 0.325 e. The first-order chi connectivity index (χ1) is 11.3. The van der Waals surface area contributed by atoms with Gasteiger partial charge in [0.2, 0.25) is 0 Å². The summed E-state index contributed by atoms with van der Waals surface area (Å²) in [4.78, 5) is 8.49. The summed E-state index contributed by atoms with van der Waals surface area (Å²) in [6, 6.07) is 21.0. The van der Waals surface area contributed by atoms with Gasteiger partial charge in [0.1, 0.15) is 5.69 Å². The zero-order valence-corrected chi connectivity index (χ0v) is 12.5. The number of pyridine rings is 1. The van der Waals surface area contributed by atoms with E-state index in [0.717, 1.165) is 17.3 Å². The number of rotatable bonds is 4. The molecular weight excluding hydrogens is 289 g/mol. The summed E-state index contributed by atoms with van der Waals surface area (Å²) in [5, 5.41) is 0. The number of aromatic nitrogens is 1. The van der Waals surface area contributed by atoms with Gasteiger partial charge in [-0.15, -0.1) is 0 Å². The maximum absolute atomic E-state index is 14.1. The van der Waals surface area contributed by atoms with Crippen molar-refractivity contribution in [2.45, 2.75) is 6.54 Å². The Bertz CT molecular complexity index is 773. The Balaban J connectivity index is 2.16. The molecule has 0 fully saturated rings. The molecule has 3 nitrogen and oxygen atoms in total. The number of hydrogen-bond acceptors (Lipinski definition) is 3. The lowest BCUT2D eigenvalue weighted by Gasteiger charge is -2.08. The molecule has 3 rings (SSSR count). The molecule has 114 valence electrons. The van der Waals surface area contributed by atoms with E-state index in [4.69, 9.17) is 5.73 Å². The number of halogens is 1. The minimum Gasteiger partial charge on any atom is -0.325 e. The summed E-state index contributed by atoms with van der Waals surface area (Å²) in [5.41, 5.74) is 8.98. The first-order valence-corrected chi connectivity index (χ1v) is 7.32. The van der Waals surface area contributed by atoms with Crippen LogP contribution in [-0.4, -0.2) is 10.7 Å². The minimum absolute atomic E-state index is 0.239. The van der Waals surface area contributed by atoms with Crippen molar-refractivity contribution in [1.82, 2.24) is 4.98 Å². The SMILES string of the molecule is NCc1cc(N=C(c2ccccc2)c2ccccc2)c(F)cn1. The monoisotopic (exact) mass is 305 g/mol. The van der Waals surface area contributed by atoms with Crippen molar-refractivity contribution in [2.24, 2.45) is 10.7 Å². The molecule has 0 aliphatic heterocycles. The van der Waals surface area contributed by atoms with Crippen LogP contribution in [0.5, 0.6) is 0 Å². The molecule has 0 atom stereocenters. The van der Waals surface area contributed by atoms with Crippen LogP contribution in [0.2, 0.25) is 0 Å². The Labute approximate surface area is 134 Å². The smallest absolute Gasteiger partial charge is 0.167 e. The molecule has 0 radical (unpaired) electrons. The lowest BCUT2D eigenvalue weighted by Crippen LogP contribution is -2.04. The molecule has 0 spiro atoms. The normalized spacial score (nSPS) is 10.3. The zero-order chi connectivity index (χ0) is 16.1. The van der Waals surface area contributed by atoms with Crippen molar-refractivity contribution in [2.75, 3.05) is 0 Å². The van der Waals surface area contributed by atoms with Crippen LogP contribution in [0.3, 0.4) is 0 Å². The molecular formula is C19H16FN3. The minimum atomic E-state index is -0.466. The first kappa shape index (κ1) is 15.1. The summed E-state index contributed by atoms with van der Waals surface area (Å²) < 4.78 is 14.1. The standard InChI is InChI=1S/C19H16FN3/c20-17-13-22-16(12-21)11-18(17)23-19(14-7-3-1-4-8-14)15-9-5-2-6-10-15/h1-11,13H,12,21H2. The highest BCUT2D eigenvalue weighted by Gasteiger charge is 2.09. The van der Waals surface area contributed by atoms with Crippen molar-refractivity contribution >= 4 is 11.4 Å². The van der Waals surface area contributed by atoms with Crippen LogP contribution in [0.4, 0.5) is 10.1 Å². The molecule has 4 heteroatoms. The number of nitrogens with zero attached hydrogens (tertiary/aromatic N) is 2. The topological polar surface area (TPSA) is 51.3 Å². The summed E-state index contributed by atoms with van der Waals surface area (Å²) in [6.45, 7) is 0.245. The van der Waals surface area contributed by atoms with Gasteiger partial charge in [-0.3, -0.25) is 4.98 Å². The van der Waals surface area contributed by atoms with Gasteiger partial charge in [0.15, 0.2) is 5.82 Å². The fourth-order valence-electron chi connectivity index (χ4n) is 2.28. The van der Waals surface area contributed by atoms with Gasteiger partial charge < -0.3 is 5.73 Å². The molecule has 0 saturated carbocycles. The van der Waals surface area contributed by atoms with E-state index < -0.39 is 5.82 Å². The number of aliphatic imine (C=N–C) groups is 1. The van der Waals surface area contributed by atoms with Gasteiger partial charge in [-0.25, -0.2) is 9.38 Å². The number of benzene rings is 2. The fourth-order valence-corrected chi connectivity index (χ4v) is 2.28. The molecule has 1 aromatic heterocycles. The molecule has 0 amide bonds. The first-order valence-electron chi connectivity index (χ1n) is 7.32. The van der Waals surface area contributed by atoms with Crippen molar-refractivity contribution < 1.29 is 4.39 Å². The maximum Gasteiger partial charge on any atom is 0.167 e. The summed E-state index contributed by atoms with van der Waals surface area (Å²) in [6.07, 6.45) is 1.16. The maximum atomic E-state index is 14.1. The van der Waals surface area contributed by atoms with Gasteiger partial charge in [-0.1, -0.05) is 60.7 Å².